The van der Waals surface area contributed by atoms with Crippen LogP contribution in [0.5, 0.6) is 0 Å². The molecule has 0 bridgehead atoms. The van der Waals surface area contributed by atoms with Crippen LogP contribution >= 0.6 is 0 Å². The normalized spacial score (nSPS) is 15.3. The standard InChI is InChI=1S/C21H22N6O2/c1-25-10-4-7-18(25)16-13-17(24-23-16)20(28)26-11-8-14(9-12-26)27-19-6-3-2-5-15(19)22-21(27)29/h2-7,10,13-14H,8-9,11-12H2,1H3,(H,22,29)(H,23,24). The number of imidazole rings is 1. The lowest BCUT2D eigenvalue weighted by molar-refractivity contribution is 0.0689. The maximum absolute atomic E-state index is 12.9. The van der Waals surface area contributed by atoms with Crippen molar-refractivity contribution in [2.24, 2.45) is 7.05 Å². The number of para-hydroxylation sites is 2. The number of rotatable bonds is 3. The minimum Gasteiger partial charge on any atom is -0.349 e. The quantitative estimate of drug-likeness (QED) is 0.563. The fraction of sp³-hybridized carbons (Fsp3) is 0.286. The molecule has 0 spiro atoms. The molecule has 0 saturated carbocycles. The van der Waals surface area contributed by atoms with Crippen molar-refractivity contribution < 1.29 is 4.79 Å². The Morgan fingerprint density at radius 3 is 2.69 bits per heavy atom. The van der Waals surface area contributed by atoms with Crippen molar-refractivity contribution in [2.45, 2.75) is 18.9 Å². The van der Waals surface area contributed by atoms with Gasteiger partial charge in [0.15, 0.2) is 0 Å². The van der Waals surface area contributed by atoms with Crippen molar-refractivity contribution in [1.82, 2.24) is 29.2 Å². The molecule has 1 aliphatic rings. The highest BCUT2D eigenvalue weighted by Crippen LogP contribution is 2.26. The van der Waals surface area contributed by atoms with Gasteiger partial charge in [0.1, 0.15) is 11.4 Å². The number of H-pyrrole nitrogens is 2. The SMILES string of the molecule is Cn1cccc1-c1cc(C(=O)N2CCC(n3c(=O)[nH]c4ccccc43)CC2)[nH]n1. The average Bonchev–Trinajstić information content (AvgIpc) is 3.45. The zero-order valence-corrected chi connectivity index (χ0v) is 16.1. The number of amides is 1. The first kappa shape index (κ1) is 17.5. The first-order valence-electron chi connectivity index (χ1n) is 9.77. The van der Waals surface area contributed by atoms with Crippen molar-refractivity contribution >= 4 is 16.9 Å². The number of piperidine rings is 1. The highest BCUT2D eigenvalue weighted by atomic mass is 16.2. The molecule has 0 radical (unpaired) electrons. The molecule has 1 aromatic carbocycles. The number of benzene rings is 1. The zero-order chi connectivity index (χ0) is 20.0. The number of aromatic nitrogens is 5. The van der Waals surface area contributed by atoms with Crippen molar-refractivity contribution in [2.75, 3.05) is 13.1 Å². The topological polar surface area (TPSA) is 91.7 Å². The minimum atomic E-state index is -0.0863. The van der Waals surface area contributed by atoms with Crippen LogP contribution in [0.1, 0.15) is 29.4 Å². The number of carbonyl (C=O) groups excluding carboxylic acids is 1. The smallest absolute Gasteiger partial charge is 0.326 e. The first-order valence-corrected chi connectivity index (χ1v) is 9.77. The molecule has 0 aliphatic carbocycles. The van der Waals surface area contributed by atoms with Crippen LogP contribution < -0.4 is 5.69 Å². The van der Waals surface area contributed by atoms with Gasteiger partial charge in [0.25, 0.3) is 5.91 Å². The molecule has 1 fully saturated rings. The fourth-order valence-corrected chi connectivity index (χ4v) is 4.22. The Hall–Kier alpha value is -3.55. The van der Waals surface area contributed by atoms with E-state index in [4.69, 9.17) is 0 Å². The van der Waals surface area contributed by atoms with Gasteiger partial charge in [0, 0.05) is 32.4 Å². The van der Waals surface area contributed by atoms with E-state index in [1.807, 2.05) is 63.7 Å². The van der Waals surface area contributed by atoms with Gasteiger partial charge >= 0.3 is 5.69 Å². The van der Waals surface area contributed by atoms with Crippen LogP contribution in [0.4, 0.5) is 0 Å². The van der Waals surface area contributed by atoms with Crippen LogP contribution in [-0.2, 0) is 7.05 Å². The molecule has 1 saturated heterocycles. The van der Waals surface area contributed by atoms with Crippen LogP contribution in [0.2, 0.25) is 0 Å². The van der Waals surface area contributed by atoms with Crippen LogP contribution in [0.3, 0.4) is 0 Å². The third-order valence-corrected chi connectivity index (χ3v) is 5.76. The molecule has 0 atom stereocenters. The summed E-state index contributed by atoms with van der Waals surface area (Å²) in [6.45, 7) is 1.21. The molecule has 8 nitrogen and oxygen atoms in total. The van der Waals surface area contributed by atoms with Crippen molar-refractivity contribution in [1.29, 1.82) is 0 Å². The van der Waals surface area contributed by atoms with Gasteiger partial charge < -0.3 is 14.5 Å². The Balaban J connectivity index is 1.31. The molecule has 0 unspecified atom stereocenters. The van der Waals surface area contributed by atoms with Crippen molar-refractivity contribution in [3.63, 3.8) is 0 Å². The summed E-state index contributed by atoms with van der Waals surface area (Å²) >= 11 is 0. The van der Waals surface area contributed by atoms with E-state index in [1.54, 1.807) is 6.07 Å². The summed E-state index contributed by atoms with van der Waals surface area (Å²) in [7, 11) is 1.95. The summed E-state index contributed by atoms with van der Waals surface area (Å²) in [5.74, 6) is -0.0531. The molecule has 5 rings (SSSR count). The average molecular weight is 390 g/mol. The van der Waals surface area contributed by atoms with Gasteiger partial charge in [-0.05, 0) is 43.2 Å². The lowest BCUT2D eigenvalue weighted by atomic mass is 10.0. The first-order chi connectivity index (χ1) is 14.1. The predicted octanol–water partition coefficient (Wildman–Crippen LogP) is 2.54. The van der Waals surface area contributed by atoms with Gasteiger partial charge in [-0.25, -0.2) is 4.79 Å². The third-order valence-electron chi connectivity index (χ3n) is 5.76. The lowest BCUT2D eigenvalue weighted by Gasteiger charge is -2.32. The number of nitrogens with one attached hydrogen (secondary N) is 2. The Labute approximate surface area is 166 Å². The van der Waals surface area contributed by atoms with E-state index < -0.39 is 0 Å². The minimum absolute atomic E-state index is 0.0531. The molecule has 8 heteroatoms. The van der Waals surface area contributed by atoms with Crippen LogP contribution in [0.25, 0.3) is 22.4 Å². The third kappa shape index (κ3) is 2.97. The number of nitrogens with zero attached hydrogens (tertiary/aromatic N) is 4. The largest absolute Gasteiger partial charge is 0.349 e. The van der Waals surface area contributed by atoms with E-state index in [0.717, 1.165) is 35.3 Å². The number of aryl methyl sites for hydroxylation is 1. The van der Waals surface area contributed by atoms with E-state index >= 15 is 0 Å². The second kappa shape index (κ2) is 6.80. The number of likely N-dealkylation sites (tertiary alicyclic amines) is 1. The van der Waals surface area contributed by atoms with E-state index in [-0.39, 0.29) is 17.6 Å². The van der Waals surface area contributed by atoms with E-state index in [2.05, 4.69) is 15.2 Å². The number of hydrogen-bond donors (Lipinski definition) is 2. The van der Waals surface area contributed by atoms with E-state index in [9.17, 15) is 9.59 Å². The van der Waals surface area contributed by atoms with Crippen LogP contribution in [-0.4, -0.2) is 48.2 Å². The summed E-state index contributed by atoms with van der Waals surface area (Å²) in [6, 6.07) is 13.5. The van der Waals surface area contributed by atoms with Gasteiger partial charge in [-0.1, -0.05) is 12.1 Å². The van der Waals surface area contributed by atoms with Crippen LogP contribution in [0.15, 0.2) is 53.5 Å². The summed E-state index contributed by atoms with van der Waals surface area (Å²) < 4.78 is 3.80. The summed E-state index contributed by atoms with van der Waals surface area (Å²) in [4.78, 5) is 30.1. The number of aromatic amines is 2. The molecular formula is C21H22N6O2. The van der Waals surface area contributed by atoms with Gasteiger partial charge in [-0.2, -0.15) is 5.10 Å². The number of hydrogen-bond acceptors (Lipinski definition) is 3. The molecular weight excluding hydrogens is 368 g/mol. The Morgan fingerprint density at radius 2 is 1.93 bits per heavy atom. The lowest BCUT2D eigenvalue weighted by Crippen LogP contribution is -2.40. The molecule has 4 aromatic rings. The second-order valence-electron chi connectivity index (χ2n) is 7.51. The monoisotopic (exact) mass is 390 g/mol. The Morgan fingerprint density at radius 1 is 1.14 bits per heavy atom. The second-order valence-corrected chi connectivity index (χ2v) is 7.51. The molecule has 1 aliphatic heterocycles. The number of fused-ring (bicyclic) bond motifs is 1. The predicted molar refractivity (Wildman–Crippen MR) is 110 cm³/mol. The molecule has 1 amide bonds. The summed E-state index contributed by atoms with van der Waals surface area (Å²) in [5.41, 5.74) is 3.88. The van der Waals surface area contributed by atoms with Gasteiger partial charge in [-0.15, -0.1) is 0 Å². The molecule has 4 heterocycles. The van der Waals surface area contributed by atoms with Crippen LogP contribution in [0, 0.1) is 0 Å². The maximum Gasteiger partial charge on any atom is 0.326 e. The van der Waals surface area contributed by atoms with Crippen molar-refractivity contribution in [3.05, 3.63) is 64.8 Å². The van der Waals surface area contributed by atoms with E-state index in [1.165, 1.54) is 0 Å². The Kier molecular flexibility index (Phi) is 4.12. The van der Waals surface area contributed by atoms with Gasteiger partial charge in [-0.3, -0.25) is 14.5 Å². The highest BCUT2D eigenvalue weighted by molar-refractivity contribution is 5.93. The van der Waals surface area contributed by atoms with E-state index in [0.29, 0.717) is 18.8 Å². The molecule has 29 heavy (non-hydrogen) atoms. The summed E-state index contributed by atoms with van der Waals surface area (Å²) in [6.07, 6.45) is 3.43. The maximum atomic E-state index is 12.9. The van der Waals surface area contributed by atoms with Gasteiger partial charge in [0.2, 0.25) is 0 Å². The summed E-state index contributed by atoms with van der Waals surface area (Å²) in [5, 5.41) is 7.17. The molecule has 3 aromatic heterocycles. The fourth-order valence-electron chi connectivity index (χ4n) is 4.22. The zero-order valence-electron chi connectivity index (χ0n) is 16.1. The number of carbonyl (C=O) groups is 1. The van der Waals surface area contributed by atoms with Crippen molar-refractivity contribution in [3.8, 4) is 11.4 Å². The molecule has 148 valence electrons. The van der Waals surface area contributed by atoms with Gasteiger partial charge in [0.05, 0.1) is 16.7 Å². The Bertz CT molecular complexity index is 1240. The highest BCUT2D eigenvalue weighted by Gasteiger charge is 2.27. The molecule has 2 N–H and O–H groups in total.